The van der Waals surface area contributed by atoms with Crippen LogP contribution in [0.3, 0.4) is 0 Å². The molecule has 2 atom stereocenters. The summed E-state index contributed by atoms with van der Waals surface area (Å²) in [7, 11) is 0. The molecule has 0 amide bonds. The van der Waals surface area contributed by atoms with Crippen LogP contribution in [0.1, 0.15) is 39.7 Å². The molecule has 0 aliphatic carbocycles. The first-order valence-electron chi connectivity index (χ1n) is 7.57. The maximum atomic E-state index is 13.9. The van der Waals surface area contributed by atoms with Gasteiger partial charge in [-0.1, -0.05) is 20.8 Å². The summed E-state index contributed by atoms with van der Waals surface area (Å²) in [4.78, 5) is 2.30. The monoisotopic (exact) mass is 299 g/mol. The highest BCUT2D eigenvalue weighted by molar-refractivity contribution is 5.21. The molecule has 0 aromatic heterocycles. The average Bonchev–Trinajstić information content (AvgIpc) is 2.48. The number of hydrogen-bond acceptors (Lipinski definition) is 3. The second-order valence-corrected chi connectivity index (χ2v) is 5.54. The van der Waals surface area contributed by atoms with E-state index in [1.807, 2.05) is 0 Å². The summed E-state index contributed by atoms with van der Waals surface area (Å²) in [5, 5.41) is 0. The predicted octanol–water partition coefficient (Wildman–Crippen LogP) is 2.85. The van der Waals surface area contributed by atoms with Crippen molar-refractivity contribution in [3.05, 3.63) is 35.4 Å². The molecule has 2 unspecified atom stereocenters. The second-order valence-electron chi connectivity index (χ2n) is 5.54. The Morgan fingerprint density at radius 1 is 1.24 bits per heavy atom. The number of likely N-dealkylation sites (N-methyl/N-ethyl adjacent to an activating group) is 1. The van der Waals surface area contributed by atoms with Gasteiger partial charge in [-0.05, 0) is 56.6 Å². The molecule has 0 saturated heterocycles. The Bertz CT molecular complexity index is 449. The zero-order chi connectivity index (χ0) is 16.0. The van der Waals surface area contributed by atoms with Crippen molar-refractivity contribution in [2.75, 3.05) is 13.1 Å². The first-order chi connectivity index (χ1) is 9.92. The topological polar surface area (TPSA) is 41.3 Å². The quantitative estimate of drug-likeness (QED) is 0.573. The lowest BCUT2D eigenvalue weighted by Gasteiger charge is -2.45. The number of nitrogens with two attached hydrogens (primary N) is 1. The molecule has 1 aromatic rings. The minimum absolute atomic E-state index is 0.168. The number of nitrogens with zero attached hydrogens (tertiary/aromatic N) is 1. The molecule has 21 heavy (non-hydrogen) atoms. The van der Waals surface area contributed by atoms with Crippen LogP contribution in [0.5, 0.6) is 0 Å². The van der Waals surface area contributed by atoms with Gasteiger partial charge in [-0.2, -0.15) is 0 Å². The molecule has 0 bridgehead atoms. The average molecular weight is 299 g/mol. The Balaban J connectivity index is 3.07. The molecule has 0 aliphatic rings. The van der Waals surface area contributed by atoms with Crippen molar-refractivity contribution < 1.29 is 8.78 Å². The molecule has 0 fully saturated rings. The van der Waals surface area contributed by atoms with Crippen LogP contribution in [-0.2, 0) is 6.42 Å². The summed E-state index contributed by atoms with van der Waals surface area (Å²) in [5.41, 5.74) is 2.93. The number of nitrogens with one attached hydrogen (secondary N) is 1. The van der Waals surface area contributed by atoms with Crippen LogP contribution in [0.15, 0.2) is 18.2 Å². The molecule has 0 radical (unpaired) electrons. The lowest BCUT2D eigenvalue weighted by Crippen LogP contribution is -2.61. The fraction of sp³-hybridized carbons (Fsp3) is 0.625. The first-order valence-corrected chi connectivity index (χ1v) is 7.57. The summed E-state index contributed by atoms with van der Waals surface area (Å²) in [5.74, 6) is 4.90. The zero-order valence-electron chi connectivity index (χ0n) is 13.4. The number of hydrogen-bond donors (Lipinski definition) is 2. The Hall–Kier alpha value is -1.04. The minimum atomic E-state index is -0.428. The molecule has 3 nitrogen and oxygen atoms in total. The second kappa shape index (κ2) is 7.82. The molecule has 1 rings (SSSR count). The van der Waals surface area contributed by atoms with Gasteiger partial charge in [0.1, 0.15) is 11.6 Å². The van der Waals surface area contributed by atoms with Gasteiger partial charge >= 0.3 is 0 Å². The van der Waals surface area contributed by atoms with Crippen LogP contribution < -0.4 is 11.3 Å². The fourth-order valence-corrected chi connectivity index (χ4v) is 3.01. The van der Waals surface area contributed by atoms with Crippen molar-refractivity contribution >= 4 is 0 Å². The van der Waals surface area contributed by atoms with Gasteiger partial charge in [-0.15, -0.1) is 0 Å². The van der Waals surface area contributed by atoms with Gasteiger partial charge < -0.3 is 0 Å². The lowest BCUT2D eigenvalue weighted by molar-refractivity contribution is 0.0698. The van der Waals surface area contributed by atoms with Crippen LogP contribution in [0.25, 0.3) is 0 Å². The molecule has 0 spiro atoms. The van der Waals surface area contributed by atoms with Crippen molar-refractivity contribution in [3.8, 4) is 0 Å². The molecule has 5 heteroatoms. The van der Waals surface area contributed by atoms with Crippen LogP contribution in [0, 0.1) is 11.6 Å². The fourth-order valence-electron chi connectivity index (χ4n) is 3.01. The van der Waals surface area contributed by atoms with Crippen molar-refractivity contribution in [2.24, 2.45) is 5.84 Å². The highest BCUT2D eigenvalue weighted by Gasteiger charge is 2.36. The van der Waals surface area contributed by atoms with E-state index in [1.165, 1.54) is 12.1 Å². The summed E-state index contributed by atoms with van der Waals surface area (Å²) in [6, 6.07) is 3.38. The number of benzene rings is 1. The van der Waals surface area contributed by atoms with Crippen LogP contribution >= 0.6 is 0 Å². The molecular weight excluding hydrogens is 272 g/mol. The third-order valence-corrected chi connectivity index (χ3v) is 4.59. The van der Waals surface area contributed by atoms with Crippen molar-refractivity contribution in [3.63, 3.8) is 0 Å². The van der Waals surface area contributed by atoms with Gasteiger partial charge in [-0.25, -0.2) is 8.78 Å². The van der Waals surface area contributed by atoms with E-state index >= 15 is 0 Å². The third kappa shape index (κ3) is 3.99. The Morgan fingerprint density at radius 3 is 2.33 bits per heavy atom. The lowest BCUT2D eigenvalue weighted by atomic mass is 9.83. The van der Waals surface area contributed by atoms with Gasteiger partial charge in [-0.3, -0.25) is 16.2 Å². The number of rotatable bonds is 8. The van der Waals surface area contributed by atoms with Gasteiger partial charge in [0.2, 0.25) is 0 Å². The maximum absolute atomic E-state index is 13.9. The van der Waals surface area contributed by atoms with Crippen LogP contribution in [0.4, 0.5) is 8.78 Å². The highest BCUT2D eigenvalue weighted by atomic mass is 19.1. The van der Waals surface area contributed by atoms with Crippen molar-refractivity contribution in [1.29, 1.82) is 0 Å². The van der Waals surface area contributed by atoms with E-state index < -0.39 is 11.6 Å². The number of halogens is 2. The van der Waals surface area contributed by atoms with Crippen molar-refractivity contribution in [1.82, 2.24) is 10.3 Å². The van der Waals surface area contributed by atoms with Crippen LogP contribution in [0.2, 0.25) is 0 Å². The summed E-state index contributed by atoms with van der Waals surface area (Å²) in [6.07, 6.45) is 1.21. The van der Waals surface area contributed by atoms with E-state index in [9.17, 15) is 8.78 Å². The van der Waals surface area contributed by atoms with E-state index in [4.69, 9.17) is 5.84 Å². The first kappa shape index (κ1) is 18.0. The van der Waals surface area contributed by atoms with Gasteiger partial charge in [0.25, 0.3) is 0 Å². The molecular formula is C16H27F2N3. The van der Waals surface area contributed by atoms with E-state index in [0.29, 0.717) is 12.0 Å². The standard InChI is InChI=1S/C16H27F2N3/c1-5-16(4,21(6-2)7-3)15(20-19)11-12-10-13(17)8-9-14(12)18/h8-10,15,20H,5-7,11,19H2,1-4H3. The smallest absolute Gasteiger partial charge is 0.126 e. The normalized spacial score (nSPS) is 16.0. The van der Waals surface area contributed by atoms with E-state index in [-0.39, 0.29) is 11.6 Å². The maximum Gasteiger partial charge on any atom is 0.126 e. The van der Waals surface area contributed by atoms with Gasteiger partial charge in [0.05, 0.1) is 0 Å². The minimum Gasteiger partial charge on any atom is -0.297 e. The zero-order valence-corrected chi connectivity index (χ0v) is 13.4. The SMILES string of the molecule is CCN(CC)C(C)(CC)C(Cc1cc(F)ccc1F)NN. The molecule has 3 N–H and O–H groups in total. The van der Waals surface area contributed by atoms with Crippen LogP contribution in [-0.4, -0.2) is 29.6 Å². The summed E-state index contributed by atoms with van der Waals surface area (Å²) in [6.45, 7) is 10.1. The summed E-state index contributed by atoms with van der Waals surface area (Å²) < 4.78 is 27.2. The third-order valence-electron chi connectivity index (χ3n) is 4.59. The largest absolute Gasteiger partial charge is 0.297 e. The molecule has 1 aromatic carbocycles. The Morgan fingerprint density at radius 2 is 1.86 bits per heavy atom. The Kier molecular flexibility index (Phi) is 6.71. The van der Waals surface area contributed by atoms with Gasteiger partial charge in [0.15, 0.2) is 0 Å². The van der Waals surface area contributed by atoms with Gasteiger partial charge in [0, 0.05) is 11.6 Å². The predicted molar refractivity (Wildman–Crippen MR) is 82.8 cm³/mol. The Labute approximate surface area is 126 Å². The molecule has 0 heterocycles. The molecule has 120 valence electrons. The number of hydrazine groups is 1. The van der Waals surface area contributed by atoms with E-state index in [1.54, 1.807) is 0 Å². The molecule has 0 aliphatic heterocycles. The highest BCUT2D eigenvalue weighted by Crippen LogP contribution is 2.26. The van der Waals surface area contributed by atoms with E-state index in [2.05, 4.69) is 38.0 Å². The summed E-state index contributed by atoms with van der Waals surface area (Å²) >= 11 is 0. The molecule has 0 saturated carbocycles. The van der Waals surface area contributed by atoms with Crippen molar-refractivity contribution in [2.45, 2.75) is 52.1 Å². The van der Waals surface area contributed by atoms with E-state index in [0.717, 1.165) is 25.6 Å².